The van der Waals surface area contributed by atoms with Gasteiger partial charge in [0, 0.05) is 30.4 Å². The second-order valence-corrected chi connectivity index (χ2v) is 7.80. The van der Waals surface area contributed by atoms with Gasteiger partial charge in [-0.15, -0.1) is 0 Å². The maximum atomic E-state index is 12.6. The third kappa shape index (κ3) is 8.75. The Labute approximate surface area is 181 Å². The van der Waals surface area contributed by atoms with Crippen LogP contribution in [-0.2, 0) is 14.4 Å². The molecule has 0 unspecified atom stereocenters. The van der Waals surface area contributed by atoms with Gasteiger partial charge in [0.25, 0.3) is 5.91 Å². The fourth-order valence-corrected chi connectivity index (χ4v) is 3.72. The molecule has 1 saturated heterocycles. The van der Waals surface area contributed by atoms with Crippen LogP contribution < -0.4 is 10.6 Å². The van der Waals surface area contributed by atoms with E-state index in [4.69, 9.17) is 19.8 Å². The summed E-state index contributed by atoms with van der Waals surface area (Å²) in [6.45, 7) is 2.05. The first-order chi connectivity index (χ1) is 14.9. The molecule has 2 aliphatic rings. The molecule has 2 fully saturated rings. The second kappa shape index (κ2) is 12.7. The number of aliphatic carboxylic acids is 2. The number of nitrogens with zero attached hydrogens (tertiary/aromatic N) is 1. The van der Waals surface area contributed by atoms with Gasteiger partial charge in [-0.3, -0.25) is 9.59 Å². The fourth-order valence-electron chi connectivity index (χ4n) is 3.72. The van der Waals surface area contributed by atoms with Gasteiger partial charge in [-0.05, 0) is 49.9 Å². The van der Waals surface area contributed by atoms with E-state index in [1.54, 1.807) is 0 Å². The molecule has 9 nitrogen and oxygen atoms in total. The van der Waals surface area contributed by atoms with Gasteiger partial charge in [-0.2, -0.15) is 0 Å². The van der Waals surface area contributed by atoms with E-state index in [1.165, 1.54) is 38.5 Å². The summed E-state index contributed by atoms with van der Waals surface area (Å²) >= 11 is 0. The van der Waals surface area contributed by atoms with Gasteiger partial charge in [0.2, 0.25) is 5.91 Å². The smallest absolute Gasteiger partial charge is 0.414 e. The molecule has 2 amide bonds. The SMILES string of the molecule is O=C(CNC1CCCC1)Nc1ccc(C(=O)N2CCCCCC2)cc1.O=C(O)C(=O)O. The van der Waals surface area contributed by atoms with E-state index in [0.717, 1.165) is 31.6 Å². The first-order valence-electron chi connectivity index (χ1n) is 10.8. The molecule has 0 spiro atoms. The normalized spacial score (nSPS) is 16.6. The van der Waals surface area contributed by atoms with Gasteiger partial charge >= 0.3 is 11.9 Å². The highest BCUT2D eigenvalue weighted by atomic mass is 16.4. The van der Waals surface area contributed by atoms with Crippen molar-refractivity contribution < 1.29 is 29.4 Å². The molecule has 1 aromatic carbocycles. The largest absolute Gasteiger partial charge is 0.473 e. The van der Waals surface area contributed by atoms with Crippen molar-refractivity contribution in [1.82, 2.24) is 10.2 Å². The molecule has 170 valence electrons. The molecule has 0 bridgehead atoms. The summed E-state index contributed by atoms with van der Waals surface area (Å²) < 4.78 is 0. The Balaban J connectivity index is 0.000000501. The summed E-state index contributed by atoms with van der Waals surface area (Å²) in [5.41, 5.74) is 1.44. The van der Waals surface area contributed by atoms with Crippen LogP contribution in [0, 0.1) is 0 Å². The number of carboxylic acid groups (broad SMARTS) is 2. The highest BCUT2D eigenvalue weighted by Crippen LogP contribution is 2.18. The Hall–Kier alpha value is -2.94. The molecule has 0 atom stereocenters. The predicted molar refractivity (Wildman–Crippen MR) is 115 cm³/mol. The number of benzene rings is 1. The number of anilines is 1. The van der Waals surface area contributed by atoms with Crippen molar-refractivity contribution >= 4 is 29.4 Å². The van der Waals surface area contributed by atoms with E-state index in [0.29, 0.717) is 18.2 Å². The molecule has 1 aliphatic carbocycles. The van der Waals surface area contributed by atoms with E-state index >= 15 is 0 Å². The van der Waals surface area contributed by atoms with Crippen molar-refractivity contribution in [2.75, 3.05) is 25.0 Å². The van der Waals surface area contributed by atoms with Crippen LogP contribution in [0.1, 0.15) is 61.7 Å². The minimum atomic E-state index is -1.82. The van der Waals surface area contributed by atoms with Crippen LogP contribution in [0.3, 0.4) is 0 Å². The number of likely N-dealkylation sites (tertiary alicyclic amines) is 1. The summed E-state index contributed by atoms with van der Waals surface area (Å²) in [7, 11) is 0. The molecule has 0 radical (unpaired) electrons. The average molecular weight is 434 g/mol. The number of carbonyl (C=O) groups is 4. The van der Waals surface area contributed by atoms with Gasteiger partial charge in [-0.25, -0.2) is 9.59 Å². The van der Waals surface area contributed by atoms with Crippen LogP contribution >= 0.6 is 0 Å². The topological polar surface area (TPSA) is 136 Å². The molecular formula is C22H31N3O6. The highest BCUT2D eigenvalue weighted by Gasteiger charge is 2.18. The summed E-state index contributed by atoms with van der Waals surface area (Å²) in [5.74, 6) is -3.58. The standard InChI is InChI=1S/C20H29N3O2.C2H2O4/c24-19(15-21-17-7-3-4-8-17)22-18-11-9-16(10-12-18)20(25)23-13-5-1-2-6-14-23;3-1(4)2(5)6/h9-12,17,21H,1-8,13-15H2,(H,22,24);(H,3,4)(H,5,6). The lowest BCUT2D eigenvalue weighted by atomic mass is 10.1. The van der Waals surface area contributed by atoms with E-state index in [1.807, 2.05) is 29.2 Å². The Bertz CT molecular complexity index is 739. The van der Waals surface area contributed by atoms with Gasteiger partial charge in [-0.1, -0.05) is 25.7 Å². The first-order valence-corrected chi connectivity index (χ1v) is 10.8. The van der Waals surface area contributed by atoms with Gasteiger partial charge in [0.1, 0.15) is 0 Å². The lowest BCUT2D eigenvalue weighted by Gasteiger charge is -2.20. The summed E-state index contributed by atoms with van der Waals surface area (Å²) in [4.78, 5) is 44.7. The monoisotopic (exact) mass is 433 g/mol. The number of hydrogen-bond acceptors (Lipinski definition) is 5. The van der Waals surface area contributed by atoms with Gasteiger partial charge < -0.3 is 25.7 Å². The Morgan fingerprint density at radius 3 is 1.90 bits per heavy atom. The van der Waals surface area contributed by atoms with Crippen LogP contribution in [0.5, 0.6) is 0 Å². The quantitative estimate of drug-likeness (QED) is 0.523. The van der Waals surface area contributed by atoms with E-state index in [9.17, 15) is 9.59 Å². The van der Waals surface area contributed by atoms with Crippen molar-refractivity contribution in [3.63, 3.8) is 0 Å². The minimum absolute atomic E-state index is 0.0292. The van der Waals surface area contributed by atoms with Crippen LogP contribution in [0.25, 0.3) is 0 Å². The zero-order chi connectivity index (χ0) is 22.6. The van der Waals surface area contributed by atoms with Crippen molar-refractivity contribution in [1.29, 1.82) is 0 Å². The van der Waals surface area contributed by atoms with Gasteiger partial charge in [0.15, 0.2) is 0 Å². The number of amides is 2. The molecule has 1 aromatic rings. The lowest BCUT2D eigenvalue weighted by molar-refractivity contribution is -0.159. The molecular weight excluding hydrogens is 402 g/mol. The highest BCUT2D eigenvalue weighted by molar-refractivity contribution is 6.27. The third-order valence-electron chi connectivity index (χ3n) is 5.40. The number of carbonyl (C=O) groups excluding carboxylic acids is 2. The van der Waals surface area contributed by atoms with Gasteiger partial charge in [0.05, 0.1) is 6.54 Å². The predicted octanol–water partition coefficient (Wildman–Crippen LogP) is 2.33. The zero-order valence-corrected chi connectivity index (χ0v) is 17.6. The molecule has 3 rings (SSSR count). The van der Waals surface area contributed by atoms with Crippen molar-refractivity contribution in [3.05, 3.63) is 29.8 Å². The molecule has 9 heteroatoms. The summed E-state index contributed by atoms with van der Waals surface area (Å²) in [6.07, 6.45) is 9.45. The summed E-state index contributed by atoms with van der Waals surface area (Å²) in [6, 6.07) is 7.75. The molecule has 1 aliphatic heterocycles. The zero-order valence-electron chi connectivity index (χ0n) is 17.6. The number of hydrogen-bond donors (Lipinski definition) is 4. The average Bonchev–Trinajstić information content (AvgIpc) is 3.13. The van der Waals surface area contributed by atoms with Crippen molar-refractivity contribution in [2.24, 2.45) is 0 Å². The van der Waals surface area contributed by atoms with Crippen LogP contribution in [0.4, 0.5) is 5.69 Å². The molecule has 1 saturated carbocycles. The van der Waals surface area contributed by atoms with E-state index < -0.39 is 11.9 Å². The maximum Gasteiger partial charge on any atom is 0.414 e. The molecule has 31 heavy (non-hydrogen) atoms. The molecule has 1 heterocycles. The second-order valence-electron chi connectivity index (χ2n) is 7.80. The number of carboxylic acids is 2. The Morgan fingerprint density at radius 1 is 0.839 bits per heavy atom. The number of rotatable bonds is 5. The Kier molecular flexibility index (Phi) is 9.96. The van der Waals surface area contributed by atoms with E-state index in [2.05, 4.69) is 10.6 Å². The third-order valence-corrected chi connectivity index (χ3v) is 5.40. The fraction of sp³-hybridized carbons (Fsp3) is 0.545. The van der Waals surface area contributed by atoms with Crippen LogP contribution in [-0.4, -0.2) is 64.5 Å². The Morgan fingerprint density at radius 2 is 1.39 bits per heavy atom. The van der Waals surface area contributed by atoms with E-state index in [-0.39, 0.29) is 11.8 Å². The molecule has 0 aromatic heterocycles. The van der Waals surface area contributed by atoms with Crippen LogP contribution in [0.15, 0.2) is 24.3 Å². The number of nitrogens with one attached hydrogen (secondary N) is 2. The van der Waals surface area contributed by atoms with Crippen LogP contribution in [0.2, 0.25) is 0 Å². The maximum absolute atomic E-state index is 12.6. The van der Waals surface area contributed by atoms with Crippen molar-refractivity contribution in [2.45, 2.75) is 57.4 Å². The molecule has 4 N–H and O–H groups in total. The lowest BCUT2D eigenvalue weighted by Crippen LogP contribution is -2.34. The van der Waals surface area contributed by atoms with Crippen molar-refractivity contribution in [3.8, 4) is 0 Å². The summed E-state index contributed by atoms with van der Waals surface area (Å²) in [5, 5.41) is 21.0. The first kappa shape index (κ1) is 24.3. The minimum Gasteiger partial charge on any atom is -0.473 e.